The highest BCUT2D eigenvalue weighted by Crippen LogP contribution is 2.75. The van der Waals surface area contributed by atoms with Gasteiger partial charge >= 0.3 is 5.97 Å². The zero-order valence-corrected chi connectivity index (χ0v) is 28.3. The highest BCUT2D eigenvalue weighted by molar-refractivity contribution is 5.80. The minimum Gasteiger partial charge on any atom is -0.432 e. The molecule has 6 N–H and O–H groups in total. The number of ether oxygens (including phenoxy) is 2. The van der Waals surface area contributed by atoms with Gasteiger partial charge in [-0.2, -0.15) is 0 Å². The van der Waals surface area contributed by atoms with Crippen LogP contribution in [0.4, 0.5) is 0 Å². The quantitative estimate of drug-likeness (QED) is 0.202. The molecule has 0 aromatic heterocycles. The summed E-state index contributed by atoms with van der Waals surface area (Å²) in [5.74, 6) is -0.157. The van der Waals surface area contributed by atoms with Crippen molar-refractivity contribution in [1.82, 2.24) is 0 Å². The average molecular weight is 635 g/mol. The van der Waals surface area contributed by atoms with Crippen molar-refractivity contribution in [3.8, 4) is 0 Å². The molecule has 256 valence electrons. The second-order valence-electron chi connectivity index (χ2n) is 18.0. The topological polar surface area (TPSA) is 157 Å². The monoisotopic (exact) mass is 634 g/mol. The first-order valence-electron chi connectivity index (χ1n) is 17.4. The van der Waals surface area contributed by atoms with Crippen LogP contribution in [0.5, 0.6) is 0 Å². The maximum absolute atomic E-state index is 14.4. The molecule has 0 aromatic rings. The average Bonchev–Trinajstić information content (AvgIpc) is 2.95. The van der Waals surface area contributed by atoms with Crippen LogP contribution in [0.15, 0.2) is 11.6 Å². The van der Waals surface area contributed by atoms with Gasteiger partial charge in [0.1, 0.15) is 29.8 Å². The number of hydrogen-bond acceptors (Lipinski definition) is 9. The number of fused-ring (bicyclic) bond motifs is 7. The summed E-state index contributed by atoms with van der Waals surface area (Å²) in [6, 6.07) is 0. The van der Waals surface area contributed by atoms with Crippen LogP contribution in [0.1, 0.15) is 106 Å². The fourth-order valence-corrected chi connectivity index (χ4v) is 12.1. The normalized spacial score (nSPS) is 53.6. The van der Waals surface area contributed by atoms with Crippen molar-refractivity contribution in [2.45, 2.75) is 149 Å². The van der Waals surface area contributed by atoms with Gasteiger partial charge < -0.3 is 40.1 Å². The fourth-order valence-electron chi connectivity index (χ4n) is 12.1. The summed E-state index contributed by atoms with van der Waals surface area (Å²) in [4.78, 5) is 14.4. The van der Waals surface area contributed by atoms with E-state index in [9.17, 15) is 35.4 Å². The largest absolute Gasteiger partial charge is 0.432 e. The highest BCUT2D eigenvalue weighted by atomic mass is 16.7. The van der Waals surface area contributed by atoms with E-state index in [0.717, 1.165) is 32.1 Å². The molecule has 9 heteroatoms. The third-order valence-corrected chi connectivity index (χ3v) is 15.1. The van der Waals surface area contributed by atoms with E-state index < -0.39 is 54.8 Å². The first-order chi connectivity index (χ1) is 20.8. The van der Waals surface area contributed by atoms with Gasteiger partial charge in [0.05, 0.1) is 18.8 Å². The van der Waals surface area contributed by atoms with E-state index >= 15 is 0 Å². The molecular formula is C36H58O9. The molecule has 9 nitrogen and oxygen atoms in total. The Morgan fingerprint density at radius 2 is 1.53 bits per heavy atom. The van der Waals surface area contributed by atoms with Gasteiger partial charge in [0.15, 0.2) is 0 Å². The van der Waals surface area contributed by atoms with E-state index in [-0.39, 0.29) is 39.1 Å². The van der Waals surface area contributed by atoms with Crippen LogP contribution in [-0.4, -0.2) is 86.1 Å². The smallest absolute Gasteiger partial charge is 0.317 e. The maximum atomic E-state index is 14.4. The summed E-state index contributed by atoms with van der Waals surface area (Å²) in [5, 5.41) is 64.3. The second kappa shape index (κ2) is 10.7. The molecule has 1 heterocycles. The Balaban J connectivity index is 1.38. The number of allylic oxidation sites excluding steroid dienone is 2. The molecule has 0 unspecified atom stereocenters. The number of esters is 1. The third-order valence-electron chi connectivity index (χ3n) is 15.1. The Labute approximate surface area is 268 Å². The third kappa shape index (κ3) is 4.54. The van der Waals surface area contributed by atoms with E-state index in [1.54, 1.807) is 0 Å². The molecular weight excluding hydrogens is 576 g/mol. The molecule has 6 rings (SSSR count). The number of aliphatic hydroxyl groups is 6. The van der Waals surface area contributed by atoms with Crippen molar-refractivity contribution in [2.24, 2.45) is 50.2 Å². The molecule has 1 saturated heterocycles. The SMILES string of the molecule is CC1(C)CC[C@@]2(C(=O)O[C@@H]3O[C@H](CO)[C@@H](O)[C@H](O)[C@H]3O)[C@H](C1)C1=CC[C@@H]3[C@@]4(C)CC[C@@H](O)C(C)(C)[C@H]4CC[C@@]3(C)[C@]1(C)C[C@@H]2O. The van der Waals surface area contributed by atoms with Gasteiger partial charge in [0, 0.05) is 0 Å². The number of rotatable bonds is 3. The Morgan fingerprint density at radius 3 is 2.20 bits per heavy atom. The Hall–Kier alpha value is -1.07. The molecule has 5 fully saturated rings. The maximum Gasteiger partial charge on any atom is 0.317 e. The Kier molecular flexibility index (Phi) is 8.05. The molecule has 6 aliphatic rings. The minimum absolute atomic E-state index is 0.0497. The van der Waals surface area contributed by atoms with Gasteiger partial charge in [0.2, 0.25) is 6.29 Å². The first-order valence-corrected chi connectivity index (χ1v) is 17.4. The lowest BCUT2D eigenvalue weighted by molar-refractivity contribution is -0.299. The molecule has 0 radical (unpaired) electrons. The standard InChI is InChI=1S/C36H58O9/c1-31(2)14-15-36(30(43)45-29-28(42)27(41)26(40)21(18-37)44-29)20(16-31)19-8-9-23-33(5)12-11-24(38)32(3,4)22(33)10-13-34(23,6)35(19,7)17-25(36)39/h8,20-29,37-42H,9-18H2,1-7H3/t20-,21-,22-,23-,24-,25+,26-,27+,28-,29+,33+,34-,35-,36-/m1/s1. The van der Waals surface area contributed by atoms with Crippen LogP contribution < -0.4 is 0 Å². The predicted molar refractivity (Wildman–Crippen MR) is 166 cm³/mol. The lowest BCUT2D eigenvalue weighted by atomic mass is 9.33. The Bertz CT molecular complexity index is 1210. The molecule has 0 bridgehead atoms. The zero-order valence-electron chi connectivity index (χ0n) is 28.3. The number of carbonyl (C=O) groups excluding carboxylic acids is 1. The van der Waals surface area contributed by atoms with E-state index in [2.05, 4.69) is 54.5 Å². The van der Waals surface area contributed by atoms with Crippen molar-refractivity contribution in [1.29, 1.82) is 0 Å². The molecule has 1 aliphatic heterocycles. The lowest BCUT2D eigenvalue weighted by Gasteiger charge is -2.71. The van der Waals surface area contributed by atoms with Gasteiger partial charge in [-0.3, -0.25) is 4.79 Å². The summed E-state index contributed by atoms with van der Waals surface area (Å²) in [6.07, 6.45) is 0.341. The van der Waals surface area contributed by atoms with Crippen LogP contribution in [0.25, 0.3) is 0 Å². The lowest BCUT2D eigenvalue weighted by Crippen LogP contribution is -2.68. The van der Waals surface area contributed by atoms with Crippen molar-refractivity contribution in [2.75, 3.05) is 6.61 Å². The molecule has 5 aliphatic carbocycles. The second-order valence-corrected chi connectivity index (χ2v) is 18.0. The number of hydrogen-bond donors (Lipinski definition) is 6. The van der Waals surface area contributed by atoms with Crippen LogP contribution in [0.3, 0.4) is 0 Å². The van der Waals surface area contributed by atoms with Gasteiger partial charge in [-0.15, -0.1) is 0 Å². The van der Waals surface area contributed by atoms with Crippen LogP contribution in [-0.2, 0) is 14.3 Å². The van der Waals surface area contributed by atoms with Crippen molar-refractivity contribution in [3.05, 3.63) is 11.6 Å². The highest BCUT2D eigenvalue weighted by Gasteiger charge is 2.71. The number of aliphatic hydroxyl groups excluding tert-OH is 6. The van der Waals surface area contributed by atoms with Crippen molar-refractivity contribution in [3.63, 3.8) is 0 Å². The summed E-state index contributed by atoms with van der Waals surface area (Å²) in [7, 11) is 0. The van der Waals surface area contributed by atoms with Crippen molar-refractivity contribution >= 4 is 5.97 Å². The van der Waals surface area contributed by atoms with E-state index in [0.29, 0.717) is 37.5 Å². The summed E-state index contributed by atoms with van der Waals surface area (Å²) in [6.45, 7) is 15.5. The summed E-state index contributed by atoms with van der Waals surface area (Å²) in [5.41, 5.74) is -0.661. The van der Waals surface area contributed by atoms with Gasteiger partial charge in [-0.1, -0.05) is 60.1 Å². The molecule has 4 saturated carbocycles. The van der Waals surface area contributed by atoms with E-state index in [1.807, 2.05) is 0 Å². The molecule has 0 amide bonds. The van der Waals surface area contributed by atoms with Crippen LogP contribution in [0.2, 0.25) is 0 Å². The van der Waals surface area contributed by atoms with Crippen LogP contribution in [0, 0.1) is 50.2 Å². The summed E-state index contributed by atoms with van der Waals surface area (Å²) >= 11 is 0. The summed E-state index contributed by atoms with van der Waals surface area (Å²) < 4.78 is 11.4. The molecule has 0 aromatic carbocycles. The number of carbonyl (C=O) groups is 1. The van der Waals surface area contributed by atoms with Crippen molar-refractivity contribution < 1.29 is 44.9 Å². The molecule has 45 heavy (non-hydrogen) atoms. The first kappa shape index (κ1) is 33.8. The Morgan fingerprint density at radius 1 is 0.844 bits per heavy atom. The molecule has 14 atom stereocenters. The molecule has 0 spiro atoms. The minimum atomic E-state index is -1.70. The predicted octanol–water partition coefficient (Wildman–Crippen LogP) is 3.46. The van der Waals surface area contributed by atoms with Gasteiger partial charge in [-0.25, -0.2) is 0 Å². The fraction of sp³-hybridized carbons (Fsp3) is 0.917. The zero-order chi connectivity index (χ0) is 33.1. The van der Waals surface area contributed by atoms with E-state index in [1.165, 1.54) is 5.57 Å². The van der Waals surface area contributed by atoms with Crippen LogP contribution >= 0.6 is 0 Å². The van der Waals surface area contributed by atoms with Gasteiger partial charge in [0.25, 0.3) is 0 Å². The van der Waals surface area contributed by atoms with Gasteiger partial charge in [-0.05, 0) is 103 Å². The van der Waals surface area contributed by atoms with E-state index in [4.69, 9.17) is 9.47 Å².